The standard InChI is InChI=1S/C17H14S3/c1-3-4-7-11-10(2)18-16-14(11)20-15-12-8-5-6-9-13(12)19-17(15)16/h4-9H,3H2,1-2H3. The summed E-state index contributed by atoms with van der Waals surface area (Å²) in [5, 5.41) is 1.42. The molecule has 0 aliphatic rings. The fourth-order valence-corrected chi connectivity index (χ4v) is 6.84. The van der Waals surface area contributed by atoms with Crippen LogP contribution in [0.15, 0.2) is 30.3 Å². The molecule has 3 heteroatoms. The third-order valence-corrected chi connectivity index (χ3v) is 7.54. The number of allylic oxidation sites excluding steroid dienone is 1. The van der Waals surface area contributed by atoms with Gasteiger partial charge in [0.25, 0.3) is 0 Å². The van der Waals surface area contributed by atoms with E-state index in [-0.39, 0.29) is 0 Å². The van der Waals surface area contributed by atoms with Crippen LogP contribution in [0.4, 0.5) is 0 Å². The second kappa shape index (κ2) is 4.69. The van der Waals surface area contributed by atoms with Crippen molar-refractivity contribution < 1.29 is 0 Å². The minimum absolute atomic E-state index is 1.10. The highest BCUT2D eigenvalue weighted by molar-refractivity contribution is 7.41. The topological polar surface area (TPSA) is 0 Å². The summed E-state index contributed by atoms with van der Waals surface area (Å²) in [6.07, 6.45) is 5.66. The van der Waals surface area contributed by atoms with E-state index in [1.807, 2.05) is 34.0 Å². The Morgan fingerprint density at radius 3 is 2.60 bits per heavy atom. The first-order valence-electron chi connectivity index (χ1n) is 6.79. The molecule has 3 heterocycles. The van der Waals surface area contributed by atoms with Crippen molar-refractivity contribution in [3.05, 3.63) is 40.8 Å². The van der Waals surface area contributed by atoms with Crippen molar-refractivity contribution in [2.75, 3.05) is 0 Å². The van der Waals surface area contributed by atoms with Gasteiger partial charge in [0.05, 0.1) is 18.8 Å². The molecule has 0 bridgehead atoms. The zero-order chi connectivity index (χ0) is 13.7. The van der Waals surface area contributed by atoms with Crippen LogP contribution in [-0.2, 0) is 0 Å². The number of thiophene rings is 3. The summed E-state index contributed by atoms with van der Waals surface area (Å²) < 4.78 is 7.32. The van der Waals surface area contributed by atoms with E-state index < -0.39 is 0 Å². The molecule has 0 amide bonds. The Bertz CT molecular complexity index is 947. The molecule has 3 aromatic heterocycles. The van der Waals surface area contributed by atoms with Crippen molar-refractivity contribution in [2.24, 2.45) is 0 Å². The molecular formula is C17H14S3. The minimum atomic E-state index is 1.10. The van der Waals surface area contributed by atoms with Gasteiger partial charge in [0.1, 0.15) is 0 Å². The smallest absolute Gasteiger partial charge is 0.0642 e. The van der Waals surface area contributed by atoms with Gasteiger partial charge in [-0.05, 0) is 19.4 Å². The largest absolute Gasteiger partial charge is 0.138 e. The van der Waals surface area contributed by atoms with Gasteiger partial charge in [-0.15, -0.1) is 34.0 Å². The lowest BCUT2D eigenvalue weighted by Gasteiger charge is -1.90. The maximum Gasteiger partial charge on any atom is 0.0642 e. The van der Waals surface area contributed by atoms with E-state index in [1.54, 1.807) is 0 Å². The van der Waals surface area contributed by atoms with Crippen LogP contribution in [0.1, 0.15) is 23.8 Å². The van der Waals surface area contributed by atoms with Crippen LogP contribution in [0.5, 0.6) is 0 Å². The van der Waals surface area contributed by atoms with Gasteiger partial charge in [-0.1, -0.05) is 37.3 Å². The second-order valence-electron chi connectivity index (χ2n) is 4.90. The van der Waals surface area contributed by atoms with E-state index >= 15 is 0 Å². The van der Waals surface area contributed by atoms with Crippen LogP contribution in [0.3, 0.4) is 0 Å². The molecule has 0 spiro atoms. The minimum Gasteiger partial charge on any atom is -0.138 e. The normalized spacial score (nSPS) is 12.5. The quantitative estimate of drug-likeness (QED) is 0.371. The predicted molar refractivity (Wildman–Crippen MR) is 96.7 cm³/mol. The maximum atomic E-state index is 2.30. The average Bonchev–Trinajstić information content (AvgIpc) is 3.06. The molecular weight excluding hydrogens is 300 g/mol. The molecule has 4 aromatic rings. The number of benzene rings is 1. The molecule has 0 aliphatic carbocycles. The predicted octanol–water partition coefficient (Wildman–Crippen LogP) is 7.06. The number of rotatable bonds is 2. The Labute approximate surface area is 130 Å². The van der Waals surface area contributed by atoms with Crippen molar-refractivity contribution in [2.45, 2.75) is 20.3 Å². The van der Waals surface area contributed by atoms with Gasteiger partial charge >= 0.3 is 0 Å². The molecule has 1 aromatic carbocycles. The van der Waals surface area contributed by atoms with Crippen LogP contribution >= 0.6 is 34.0 Å². The third-order valence-electron chi connectivity index (χ3n) is 3.57. The molecule has 0 nitrogen and oxygen atoms in total. The third kappa shape index (κ3) is 1.70. The van der Waals surface area contributed by atoms with Crippen LogP contribution < -0.4 is 0 Å². The van der Waals surface area contributed by atoms with Gasteiger partial charge in [-0.3, -0.25) is 0 Å². The Morgan fingerprint density at radius 2 is 1.75 bits per heavy atom. The fourth-order valence-electron chi connectivity index (χ4n) is 2.59. The molecule has 20 heavy (non-hydrogen) atoms. The first-order valence-corrected chi connectivity index (χ1v) is 9.24. The van der Waals surface area contributed by atoms with Gasteiger partial charge < -0.3 is 0 Å². The summed E-state index contributed by atoms with van der Waals surface area (Å²) >= 11 is 5.86. The van der Waals surface area contributed by atoms with E-state index in [2.05, 4.69) is 50.3 Å². The van der Waals surface area contributed by atoms with E-state index in [1.165, 1.54) is 39.3 Å². The van der Waals surface area contributed by atoms with Gasteiger partial charge in [0.2, 0.25) is 0 Å². The number of hydrogen-bond acceptors (Lipinski definition) is 3. The molecule has 0 aliphatic heterocycles. The van der Waals surface area contributed by atoms with E-state index in [0.29, 0.717) is 0 Å². The zero-order valence-corrected chi connectivity index (χ0v) is 13.8. The molecule has 0 saturated carbocycles. The average molecular weight is 315 g/mol. The van der Waals surface area contributed by atoms with Gasteiger partial charge in [0, 0.05) is 20.5 Å². The molecule has 0 fully saturated rings. The summed E-state index contributed by atoms with van der Waals surface area (Å²) in [6.45, 7) is 4.43. The van der Waals surface area contributed by atoms with Crippen molar-refractivity contribution in [3.8, 4) is 0 Å². The lowest BCUT2D eigenvalue weighted by Crippen LogP contribution is -1.68. The number of hydrogen-bond donors (Lipinski definition) is 0. The molecule has 0 radical (unpaired) electrons. The Morgan fingerprint density at radius 1 is 0.950 bits per heavy atom. The molecule has 4 rings (SSSR count). The molecule has 0 N–H and O–H groups in total. The highest BCUT2D eigenvalue weighted by Crippen LogP contribution is 2.49. The molecule has 100 valence electrons. The summed E-state index contributed by atoms with van der Waals surface area (Å²) in [7, 11) is 0. The Kier molecular flexibility index (Phi) is 2.95. The van der Waals surface area contributed by atoms with Crippen LogP contribution in [-0.4, -0.2) is 0 Å². The van der Waals surface area contributed by atoms with Crippen molar-refractivity contribution in [1.29, 1.82) is 0 Å². The molecule has 0 unspecified atom stereocenters. The monoisotopic (exact) mass is 314 g/mol. The van der Waals surface area contributed by atoms with Crippen LogP contribution in [0.2, 0.25) is 0 Å². The first kappa shape index (κ1) is 12.6. The summed E-state index contributed by atoms with van der Waals surface area (Å²) in [6, 6.07) is 8.76. The number of aryl methyl sites for hydroxylation is 1. The van der Waals surface area contributed by atoms with E-state index in [0.717, 1.165) is 6.42 Å². The van der Waals surface area contributed by atoms with Crippen LogP contribution in [0, 0.1) is 6.92 Å². The van der Waals surface area contributed by atoms with Gasteiger partial charge in [-0.25, -0.2) is 0 Å². The maximum absolute atomic E-state index is 2.30. The van der Waals surface area contributed by atoms with E-state index in [9.17, 15) is 0 Å². The SMILES string of the molecule is CCC=Cc1c(C)sc2c1sc1c3ccccc3sc21. The number of fused-ring (bicyclic) bond motifs is 5. The summed E-state index contributed by atoms with van der Waals surface area (Å²) in [4.78, 5) is 1.44. The summed E-state index contributed by atoms with van der Waals surface area (Å²) in [5.41, 5.74) is 1.43. The second-order valence-corrected chi connectivity index (χ2v) is 8.20. The van der Waals surface area contributed by atoms with Gasteiger partial charge in [-0.2, -0.15) is 0 Å². The highest BCUT2D eigenvalue weighted by Gasteiger charge is 2.16. The van der Waals surface area contributed by atoms with Gasteiger partial charge in [0.15, 0.2) is 0 Å². The molecule has 0 atom stereocenters. The van der Waals surface area contributed by atoms with Crippen molar-refractivity contribution in [1.82, 2.24) is 0 Å². The highest BCUT2D eigenvalue weighted by atomic mass is 32.1. The molecule has 0 saturated heterocycles. The zero-order valence-electron chi connectivity index (χ0n) is 11.4. The lowest BCUT2D eigenvalue weighted by atomic mass is 10.2. The lowest BCUT2D eigenvalue weighted by molar-refractivity contribution is 1.23. The van der Waals surface area contributed by atoms with Crippen molar-refractivity contribution >= 4 is 69.0 Å². The van der Waals surface area contributed by atoms with Crippen molar-refractivity contribution in [3.63, 3.8) is 0 Å². The Balaban J connectivity index is 2.11. The van der Waals surface area contributed by atoms with Crippen LogP contribution in [0.25, 0.3) is 35.0 Å². The van der Waals surface area contributed by atoms with E-state index in [4.69, 9.17) is 0 Å². The Hall–Kier alpha value is -1.16. The summed E-state index contributed by atoms with van der Waals surface area (Å²) in [5.74, 6) is 0. The fraction of sp³-hybridized carbons (Fsp3) is 0.176. The first-order chi connectivity index (χ1) is 9.79.